The van der Waals surface area contributed by atoms with Crippen LogP contribution >= 0.6 is 23.2 Å². The number of hydrogen-bond acceptors (Lipinski definition) is 2. The Labute approximate surface area is 141 Å². The highest BCUT2D eigenvalue weighted by Gasteiger charge is 2.15. The van der Waals surface area contributed by atoms with Crippen molar-refractivity contribution in [2.45, 2.75) is 0 Å². The van der Waals surface area contributed by atoms with E-state index in [2.05, 4.69) is 15.8 Å². The van der Waals surface area contributed by atoms with Crippen molar-refractivity contribution in [3.8, 4) is 0 Å². The second kappa shape index (κ2) is 6.32. The van der Waals surface area contributed by atoms with Gasteiger partial charge in [-0.3, -0.25) is 20.4 Å². The number of hydrazine groups is 1. The molecule has 23 heavy (non-hydrogen) atoms. The van der Waals surface area contributed by atoms with Crippen LogP contribution < -0.4 is 10.9 Å². The maximum Gasteiger partial charge on any atom is 0.271 e. The summed E-state index contributed by atoms with van der Waals surface area (Å²) in [6.07, 6.45) is 1.58. The van der Waals surface area contributed by atoms with Crippen LogP contribution in [0.15, 0.2) is 48.7 Å². The molecule has 3 N–H and O–H groups in total. The van der Waals surface area contributed by atoms with E-state index in [1.807, 2.05) is 24.3 Å². The van der Waals surface area contributed by atoms with E-state index in [1.54, 1.807) is 18.3 Å². The summed E-state index contributed by atoms with van der Waals surface area (Å²) >= 11 is 11.8. The van der Waals surface area contributed by atoms with Crippen molar-refractivity contribution in [2.24, 2.45) is 0 Å². The van der Waals surface area contributed by atoms with Gasteiger partial charge in [0, 0.05) is 17.1 Å². The molecule has 116 valence electrons. The molecule has 0 radical (unpaired) electrons. The topological polar surface area (TPSA) is 74.0 Å². The Kier molecular flexibility index (Phi) is 4.23. The third kappa shape index (κ3) is 3.02. The number of para-hydroxylation sites is 1. The Balaban J connectivity index is 1.74. The molecule has 0 bridgehead atoms. The van der Waals surface area contributed by atoms with E-state index in [0.29, 0.717) is 5.56 Å². The summed E-state index contributed by atoms with van der Waals surface area (Å²) in [6, 6.07) is 12.1. The lowest BCUT2D eigenvalue weighted by atomic mass is 10.2. The van der Waals surface area contributed by atoms with E-state index in [4.69, 9.17) is 23.2 Å². The van der Waals surface area contributed by atoms with Crippen LogP contribution in [0.4, 0.5) is 0 Å². The monoisotopic (exact) mass is 347 g/mol. The van der Waals surface area contributed by atoms with E-state index in [9.17, 15) is 9.59 Å². The quantitative estimate of drug-likeness (QED) is 0.620. The van der Waals surface area contributed by atoms with E-state index in [1.165, 1.54) is 6.07 Å². The first-order chi connectivity index (χ1) is 11.1. The van der Waals surface area contributed by atoms with Crippen LogP contribution in [0.2, 0.25) is 10.0 Å². The van der Waals surface area contributed by atoms with Crippen LogP contribution in [-0.4, -0.2) is 16.8 Å². The highest BCUT2D eigenvalue weighted by atomic mass is 35.5. The molecule has 0 spiro atoms. The minimum absolute atomic E-state index is 0.132. The summed E-state index contributed by atoms with van der Waals surface area (Å²) in [6.45, 7) is 0. The Bertz CT molecular complexity index is 905. The smallest absolute Gasteiger partial charge is 0.271 e. The Morgan fingerprint density at radius 1 is 0.870 bits per heavy atom. The largest absolute Gasteiger partial charge is 0.360 e. The number of benzene rings is 2. The molecule has 3 aromatic rings. The molecule has 0 saturated heterocycles. The minimum Gasteiger partial charge on any atom is -0.360 e. The van der Waals surface area contributed by atoms with Crippen LogP contribution in [0.25, 0.3) is 10.9 Å². The molecule has 0 atom stereocenters. The first-order valence-corrected chi connectivity index (χ1v) is 7.44. The van der Waals surface area contributed by atoms with Crippen LogP contribution in [0.5, 0.6) is 0 Å². The zero-order valence-electron chi connectivity index (χ0n) is 11.7. The summed E-state index contributed by atoms with van der Waals surface area (Å²) in [5.41, 5.74) is 6.13. The summed E-state index contributed by atoms with van der Waals surface area (Å²) in [4.78, 5) is 27.3. The Morgan fingerprint density at radius 2 is 1.57 bits per heavy atom. The number of nitrogens with one attached hydrogen (secondary N) is 3. The molecule has 0 unspecified atom stereocenters. The molecule has 2 aromatic carbocycles. The lowest BCUT2D eigenvalue weighted by molar-refractivity contribution is 0.0847. The van der Waals surface area contributed by atoms with Gasteiger partial charge < -0.3 is 4.98 Å². The van der Waals surface area contributed by atoms with Crippen LogP contribution in [0, 0.1) is 0 Å². The van der Waals surface area contributed by atoms with Gasteiger partial charge in [-0.1, -0.05) is 47.5 Å². The van der Waals surface area contributed by atoms with Crippen LogP contribution in [0.3, 0.4) is 0 Å². The number of hydrogen-bond donors (Lipinski definition) is 3. The summed E-state index contributed by atoms with van der Waals surface area (Å²) in [5.74, 6) is -0.986. The normalized spacial score (nSPS) is 10.5. The maximum absolute atomic E-state index is 12.2. The average Bonchev–Trinajstić information content (AvgIpc) is 2.99. The number of carbonyl (C=O) groups is 2. The second-order valence-electron chi connectivity index (χ2n) is 4.76. The molecule has 0 aliphatic carbocycles. The molecule has 0 aliphatic heterocycles. The van der Waals surface area contributed by atoms with Gasteiger partial charge in [0.2, 0.25) is 0 Å². The van der Waals surface area contributed by atoms with Gasteiger partial charge in [0.15, 0.2) is 0 Å². The van der Waals surface area contributed by atoms with Crippen LogP contribution in [0.1, 0.15) is 20.7 Å². The Hall–Kier alpha value is -2.50. The third-order valence-corrected chi connectivity index (χ3v) is 4.14. The van der Waals surface area contributed by atoms with E-state index in [-0.39, 0.29) is 15.6 Å². The average molecular weight is 348 g/mol. The van der Waals surface area contributed by atoms with Crippen LogP contribution in [-0.2, 0) is 0 Å². The fourth-order valence-electron chi connectivity index (χ4n) is 2.19. The zero-order valence-corrected chi connectivity index (χ0v) is 13.2. The van der Waals surface area contributed by atoms with E-state index < -0.39 is 11.8 Å². The van der Waals surface area contributed by atoms with Crippen molar-refractivity contribution in [1.82, 2.24) is 15.8 Å². The van der Waals surface area contributed by atoms with Crippen molar-refractivity contribution in [2.75, 3.05) is 0 Å². The summed E-state index contributed by atoms with van der Waals surface area (Å²) in [7, 11) is 0. The number of rotatable bonds is 2. The predicted octanol–water partition coefficient (Wildman–Crippen LogP) is 3.55. The molecule has 0 fully saturated rings. The number of aromatic amines is 1. The fraction of sp³-hybridized carbons (Fsp3) is 0. The van der Waals surface area contributed by atoms with Crippen molar-refractivity contribution < 1.29 is 9.59 Å². The number of amides is 2. The van der Waals surface area contributed by atoms with Crippen molar-refractivity contribution in [1.29, 1.82) is 0 Å². The van der Waals surface area contributed by atoms with Crippen molar-refractivity contribution in [3.05, 3.63) is 69.8 Å². The lowest BCUT2D eigenvalue weighted by Crippen LogP contribution is -2.41. The van der Waals surface area contributed by atoms with Gasteiger partial charge in [-0.25, -0.2) is 0 Å². The van der Waals surface area contributed by atoms with Crippen molar-refractivity contribution in [3.63, 3.8) is 0 Å². The highest BCUT2D eigenvalue weighted by Crippen LogP contribution is 2.25. The van der Waals surface area contributed by atoms with Gasteiger partial charge in [-0.15, -0.1) is 0 Å². The fourth-order valence-corrected chi connectivity index (χ4v) is 2.57. The van der Waals surface area contributed by atoms with Crippen molar-refractivity contribution >= 4 is 45.9 Å². The van der Waals surface area contributed by atoms with Gasteiger partial charge in [-0.05, 0) is 18.2 Å². The molecular formula is C16H11Cl2N3O2. The molecule has 5 nitrogen and oxygen atoms in total. The maximum atomic E-state index is 12.2. The zero-order chi connectivity index (χ0) is 16.4. The molecule has 0 aliphatic rings. The number of aromatic nitrogens is 1. The second-order valence-corrected chi connectivity index (χ2v) is 5.54. The van der Waals surface area contributed by atoms with Gasteiger partial charge in [0.05, 0.1) is 21.2 Å². The SMILES string of the molecule is O=C(NNC(=O)c1c[nH]c2ccccc12)c1cccc(Cl)c1Cl. The molecule has 3 rings (SSSR count). The molecule has 1 heterocycles. The first kappa shape index (κ1) is 15.4. The molecular weight excluding hydrogens is 337 g/mol. The van der Waals surface area contributed by atoms with Gasteiger partial charge >= 0.3 is 0 Å². The third-order valence-electron chi connectivity index (χ3n) is 3.32. The number of carbonyl (C=O) groups excluding carboxylic acids is 2. The molecule has 0 saturated carbocycles. The molecule has 1 aromatic heterocycles. The summed E-state index contributed by atoms with van der Waals surface area (Å²) < 4.78 is 0. The van der Waals surface area contributed by atoms with Gasteiger partial charge in [-0.2, -0.15) is 0 Å². The van der Waals surface area contributed by atoms with E-state index in [0.717, 1.165) is 10.9 Å². The number of H-pyrrole nitrogens is 1. The predicted molar refractivity (Wildman–Crippen MR) is 89.7 cm³/mol. The minimum atomic E-state index is -0.550. The van der Waals surface area contributed by atoms with Gasteiger partial charge in [0.1, 0.15) is 0 Å². The molecule has 2 amide bonds. The number of fused-ring (bicyclic) bond motifs is 1. The molecule has 7 heteroatoms. The lowest BCUT2D eigenvalue weighted by Gasteiger charge is -2.08. The number of halogens is 2. The summed E-state index contributed by atoms with van der Waals surface area (Å²) in [5, 5.41) is 1.16. The first-order valence-electron chi connectivity index (χ1n) is 6.68. The van der Waals surface area contributed by atoms with E-state index >= 15 is 0 Å². The highest BCUT2D eigenvalue weighted by molar-refractivity contribution is 6.43. The Morgan fingerprint density at radius 3 is 2.35 bits per heavy atom. The standard InChI is InChI=1S/C16H11Cl2N3O2/c17-12-6-3-5-10(14(12)18)15(22)20-21-16(23)11-8-19-13-7-2-1-4-9(11)13/h1-8,19H,(H,20,22)(H,21,23). The van der Waals surface area contributed by atoms with Gasteiger partial charge in [0.25, 0.3) is 11.8 Å².